The van der Waals surface area contributed by atoms with Gasteiger partial charge in [-0.25, -0.2) is 0 Å². The van der Waals surface area contributed by atoms with Gasteiger partial charge in [0.05, 0.1) is 31.9 Å². The summed E-state index contributed by atoms with van der Waals surface area (Å²) in [5.41, 5.74) is 2.29. The van der Waals surface area contributed by atoms with E-state index in [0.717, 1.165) is 16.1 Å². The second kappa shape index (κ2) is 8.55. The van der Waals surface area contributed by atoms with Crippen molar-refractivity contribution >= 4 is 17.2 Å². The van der Waals surface area contributed by atoms with Crippen molar-refractivity contribution in [1.82, 2.24) is 10.3 Å². The number of aromatic nitrogens is 1. The van der Waals surface area contributed by atoms with Crippen LogP contribution < -0.4 is 19.5 Å². The highest BCUT2D eigenvalue weighted by molar-refractivity contribution is 7.13. The predicted molar refractivity (Wildman–Crippen MR) is 105 cm³/mol. The third-order valence-corrected chi connectivity index (χ3v) is 4.87. The van der Waals surface area contributed by atoms with Gasteiger partial charge in [0.25, 0.3) is 5.91 Å². The molecule has 2 heterocycles. The van der Waals surface area contributed by atoms with Crippen molar-refractivity contribution in [2.24, 2.45) is 0 Å². The Hall–Kier alpha value is -3.06. The summed E-state index contributed by atoms with van der Waals surface area (Å²) in [6.07, 6.45) is 1.75. The molecule has 0 aliphatic heterocycles. The lowest BCUT2D eigenvalue weighted by molar-refractivity contribution is 0.0950. The van der Waals surface area contributed by atoms with Crippen molar-refractivity contribution in [2.75, 3.05) is 21.3 Å². The van der Waals surface area contributed by atoms with Crippen molar-refractivity contribution in [3.63, 3.8) is 0 Å². The van der Waals surface area contributed by atoms with Gasteiger partial charge in [-0.3, -0.25) is 9.78 Å². The Labute approximate surface area is 161 Å². The maximum atomic E-state index is 12.6. The van der Waals surface area contributed by atoms with E-state index in [2.05, 4.69) is 10.3 Å². The van der Waals surface area contributed by atoms with E-state index in [4.69, 9.17) is 14.2 Å². The van der Waals surface area contributed by atoms with Crippen LogP contribution in [0.25, 0.3) is 10.6 Å². The maximum Gasteiger partial charge on any atom is 0.251 e. The quantitative estimate of drug-likeness (QED) is 0.672. The number of methoxy groups -OCH3 is 3. The first-order valence-electron chi connectivity index (χ1n) is 8.23. The lowest BCUT2D eigenvalue weighted by Crippen LogP contribution is -2.23. The molecule has 0 spiro atoms. The number of rotatable bonds is 7. The first-order valence-corrected chi connectivity index (χ1v) is 9.11. The highest BCUT2D eigenvalue weighted by atomic mass is 32.1. The van der Waals surface area contributed by atoms with Crippen LogP contribution in [0.3, 0.4) is 0 Å². The van der Waals surface area contributed by atoms with Gasteiger partial charge in [-0.2, -0.15) is 0 Å². The van der Waals surface area contributed by atoms with Gasteiger partial charge in [-0.1, -0.05) is 6.07 Å². The highest BCUT2D eigenvalue weighted by Gasteiger charge is 2.17. The van der Waals surface area contributed by atoms with Crippen molar-refractivity contribution < 1.29 is 19.0 Å². The van der Waals surface area contributed by atoms with E-state index in [-0.39, 0.29) is 5.91 Å². The largest absolute Gasteiger partial charge is 0.493 e. The number of pyridine rings is 1. The summed E-state index contributed by atoms with van der Waals surface area (Å²) in [5, 5.41) is 4.92. The van der Waals surface area contributed by atoms with Crippen molar-refractivity contribution in [3.05, 3.63) is 59.1 Å². The van der Waals surface area contributed by atoms with Crippen LogP contribution in [0.2, 0.25) is 0 Å². The van der Waals surface area contributed by atoms with Crippen LogP contribution in [0.4, 0.5) is 0 Å². The maximum absolute atomic E-state index is 12.6. The zero-order valence-corrected chi connectivity index (χ0v) is 16.1. The van der Waals surface area contributed by atoms with E-state index in [9.17, 15) is 4.79 Å². The van der Waals surface area contributed by atoms with Crippen LogP contribution in [-0.4, -0.2) is 32.2 Å². The van der Waals surface area contributed by atoms with Gasteiger partial charge < -0.3 is 19.5 Å². The molecule has 3 aromatic rings. The zero-order valence-electron chi connectivity index (χ0n) is 15.3. The number of amides is 1. The minimum Gasteiger partial charge on any atom is -0.493 e. The molecule has 0 saturated carbocycles. The van der Waals surface area contributed by atoms with Crippen molar-refractivity contribution in [3.8, 4) is 27.8 Å². The highest BCUT2D eigenvalue weighted by Crippen LogP contribution is 2.38. The molecule has 0 aliphatic rings. The normalized spacial score (nSPS) is 10.3. The Morgan fingerprint density at radius 3 is 2.41 bits per heavy atom. The van der Waals surface area contributed by atoms with E-state index in [1.165, 1.54) is 21.3 Å². The van der Waals surface area contributed by atoms with Crippen molar-refractivity contribution in [2.45, 2.75) is 6.54 Å². The molecule has 0 fully saturated rings. The Bertz CT molecular complexity index is 900. The number of nitrogens with one attached hydrogen (secondary N) is 1. The summed E-state index contributed by atoms with van der Waals surface area (Å²) in [5.74, 6) is 1.09. The molecular formula is C20H20N2O4S. The summed E-state index contributed by atoms with van der Waals surface area (Å²) in [7, 11) is 4.55. The van der Waals surface area contributed by atoms with Gasteiger partial charge in [0.1, 0.15) is 0 Å². The lowest BCUT2D eigenvalue weighted by atomic mass is 10.1. The molecule has 0 radical (unpaired) electrons. The zero-order chi connectivity index (χ0) is 19.2. The monoisotopic (exact) mass is 384 g/mol. The van der Waals surface area contributed by atoms with Gasteiger partial charge in [-0.05, 0) is 41.3 Å². The van der Waals surface area contributed by atoms with E-state index >= 15 is 0 Å². The number of carbonyl (C=O) groups is 1. The smallest absolute Gasteiger partial charge is 0.251 e. The number of nitrogens with zero attached hydrogens (tertiary/aromatic N) is 1. The molecule has 2 aromatic heterocycles. The van der Waals surface area contributed by atoms with Gasteiger partial charge in [0, 0.05) is 18.3 Å². The summed E-state index contributed by atoms with van der Waals surface area (Å²) in [6.45, 7) is 0.385. The molecule has 1 N–H and O–H groups in total. The Kier molecular flexibility index (Phi) is 5.93. The standard InChI is InChI=1S/C20H20N2O4S/c1-24-16-10-14(11-17(25-2)19(16)26-3)20(23)22-12-13-6-7-21-15(9-13)18-5-4-8-27-18/h4-11H,12H2,1-3H3,(H,22,23). The van der Waals surface area contributed by atoms with E-state index in [1.807, 2.05) is 29.6 Å². The minimum absolute atomic E-state index is 0.233. The van der Waals surface area contributed by atoms with E-state index in [1.54, 1.807) is 29.7 Å². The average Bonchev–Trinajstić information content (AvgIpc) is 3.26. The second-order valence-electron chi connectivity index (χ2n) is 5.62. The molecule has 3 rings (SSSR count). The van der Waals surface area contributed by atoms with Crippen molar-refractivity contribution in [1.29, 1.82) is 0 Å². The lowest BCUT2D eigenvalue weighted by Gasteiger charge is -2.14. The summed E-state index contributed by atoms with van der Waals surface area (Å²) < 4.78 is 15.9. The topological polar surface area (TPSA) is 69.7 Å². The molecule has 0 saturated heterocycles. The summed E-state index contributed by atoms with van der Waals surface area (Å²) in [6, 6.07) is 11.1. The molecule has 0 unspecified atom stereocenters. The number of carbonyl (C=O) groups excluding carboxylic acids is 1. The SMILES string of the molecule is COc1cc(C(=O)NCc2ccnc(-c3cccs3)c2)cc(OC)c1OC. The Morgan fingerprint density at radius 2 is 1.81 bits per heavy atom. The minimum atomic E-state index is -0.233. The molecular weight excluding hydrogens is 364 g/mol. The van der Waals surface area contributed by atoms with Crippen LogP contribution in [0, 0.1) is 0 Å². The first-order chi connectivity index (χ1) is 13.2. The summed E-state index contributed by atoms with van der Waals surface area (Å²) in [4.78, 5) is 18.1. The van der Waals surface area contributed by atoms with Gasteiger partial charge >= 0.3 is 0 Å². The predicted octanol–water partition coefficient (Wildman–Crippen LogP) is 3.77. The van der Waals surface area contributed by atoms with Gasteiger partial charge in [-0.15, -0.1) is 11.3 Å². The fourth-order valence-electron chi connectivity index (χ4n) is 2.64. The second-order valence-corrected chi connectivity index (χ2v) is 6.57. The fourth-order valence-corrected chi connectivity index (χ4v) is 3.33. The number of hydrogen-bond donors (Lipinski definition) is 1. The molecule has 140 valence electrons. The molecule has 27 heavy (non-hydrogen) atoms. The van der Waals surface area contributed by atoms with Crippen LogP contribution in [0.15, 0.2) is 48.0 Å². The number of benzene rings is 1. The van der Waals surface area contributed by atoms with Crippen LogP contribution in [0.5, 0.6) is 17.2 Å². The molecule has 1 amide bonds. The molecule has 0 bridgehead atoms. The molecule has 0 atom stereocenters. The average molecular weight is 384 g/mol. The molecule has 7 heteroatoms. The molecule has 1 aromatic carbocycles. The number of ether oxygens (including phenoxy) is 3. The van der Waals surface area contributed by atoms with Crippen LogP contribution in [0.1, 0.15) is 15.9 Å². The first kappa shape index (κ1) is 18.7. The van der Waals surface area contributed by atoms with Crippen LogP contribution >= 0.6 is 11.3 Å². The third-order valence-electron chi connectivity index (χ3n) is 3.98. The van der Waals surface area contributed by atoms with Gasteiger partial charge in [0.2, 0.25) is 5.75 Å². The third kappa shape index (κ3) is 4.20. The number of hydrogen-bond acceptors (Lipinski definition) is 6. The Balaban J connectivity index is 1.76. The van der Waals surface area contributed by atoms with Gasteiger partial charge in [0.15, 0.2) is 11.5 Å². The number of thiophene rings is 1. The molecule has 6 nitrogen and oxygen atoms in total. The van der Waals surface area contributed by atoms with E-state index < -0.39 is 0 Å². The molecule has 0 aliphatic carbocycles. The fraction of sp³-hybridized carbons (Fsp3) is 0.200. The summed E-state index contributed by atoms with van der Waals surface area (Å²) >= 11 is 1.63. The Morgan fingerprint density at radius 1 is 1.07 bits per heavy atom. The van der Waals surface area contributed by atoms with Crippen LogP contribution in [-0.2, 0) is 6.54 Å². The van der Waals surface area contributed by atoms with E-state index in [0.29, 0.717) is 29.4 Å².